The number of aliphatic carboxylic acids is 1. The maximum atomic E-state index is 11.4. The van der Waals surface area contributed by atoms with E-state index in [1.165, 1.54) is 51.4 Å². The van der Waals surface area contributed by atoms with Crippen molar-refractivity contribution in [3.63, 3.8) is 0 Å². The number of hydrogen-bond donors (Lipinski definition) is 2. The SMILES string of the molecule is C=C(CC(=O)O)C(=O)OCCCCCCCCCCCC.CCCS(=O)(=O)O.[NaH]. The second-order valence-corrected chi connectivity index (χ2v) is 8.35. The first-order valence-corrected chi connectivity index (χ1v) is 11.8. The van der Waals surface area contributed by atoms with Gasteiger partial charge in [0.05, 0.1) is 18.8 Å². The molecule has 0 amide bonds. The molecule has 0 aliphatic heterocycles. The Labute approximate surface area is 198 Å². The van der Waals surface area contributed by atoms with Gasteiger partial charge in [-0.05, 0) is 12.8 Å². The fourth-order valence-electron chi connectivity index (χ4n) is 2.37. The molecule has 9 heteroatoms. The first-order chi connectivity index (χ1) is 13.1. The van der Waals surface area contributed by atoms with E-state index in [0.29, 0.717) is 13.0 Å². The molecule has 0 heterocycles. The Balaban J connectivity index is -0.000000721. The first-order valence-electron chi connectivity index (χ1n) is 10.2. The van der Waals surface area contributed by atoms with Gasteiger partial charge in [-0.2, -0.15) is 8.42 Å². The summed E-state index contributed by atoms with van der Waals surface area (Å²) in [5.74, 6) is -1.78. The molecule has 0 unspecified atom stereocenters. The Morgan fingerprint density at radius 1 is 0.862 bits per heavy atom. The van der Waals surface area contributed by atoms with Gasteiger partial charge in [0, 0.05) is 5.57 Å². The fourth-order valence-corrected chi connectivity index (χ4v) is 2.89. The second kappa shape index (κ2) is 22.3. The summed E-state index contributed by atoms with van der Waals surface area (Å²) in [5, 5.41) is 8.52. The van der Waals surface area contributed by atoms with Crippen molar-refractivity contribution in [3.05, 3.63) is 12.2 Å². The van der Waals surface area contributed by atoms with Crippen molar-refractivity contribution in [1.29, 1.82) is 0 Å². The molecule has 0 aliphatic carbocycles. The Morgan fingerprint density at radius 2 is 1.31 bits per heavy atom. The van der Waals surface area contributed by atoms with Gasteiger partial charge in [0.15, 0.2) is 0 Å². The van der Waals surface area contributed by atoms with Crippen molar-refractivity contribution in [2.45, 2.75) is 90.9 Å². The molecule has 0 radical (unpaired) electrons. The maximum absolute atomic E-state index is 11.4. The zero-order valence-corrected chi connectivity index (χ0v) is 18.3. The van der Waals surface area contributed by atoms with Crippen molar-refractivity contribution < 1.29 is 32.4 Å². The second-order valence-electron chi connectivity index (χ2n) is 6.78. The average molecular weight is 447 g/mol. The molecule has 0 saturated heterocycles. The Kier molecular flexibility index (Phi) is 25.5. The summed E-state index contributed by atoms with van der Waals surface area (Å²) in [6, 6.07) is 0. The quantitative estimate of drug-likeness (QED) is 0.120. The molecule has 0 aromatic carbocycles. The van der Waals surface area contributed by atoms with Crippen molar-refractivity contribution in [2.75, 3.05) is 12.4 Å². The van der Waals surface area contributed by atoms with E-state index in [-0.39, 0.29) is 47.3 Å². The average Bonchev–Trinajstić information content (AvgIpc) is 2.58. The minimum atomic E-state index is -3.67. The van der Waals surface area contributed by atoms with E-state index in [1.807, 2.05) is 0 Å². The number of carbonyl (C=O) groups excluding carboxylic acids is 1. The van der Waals surface area contributed by atoms with Crippen molar-refractivity contribution in [2.24, 2.45) is 0 Å². The summed E-state index contributed by atoms with van der Waals surface area (Å²) in [5.41, 5.74) is 0.00887. The van der Waals surface area contributed by atoms with Crippen LogP contribution in [0.25, 0.3) is 0 Å². The topological polar surface area (TPSA) is 118 Å². The zero-order valence-electron chi connectivity index (χ0n) is 17.5. The number of esters is 1. The summed E-state index contributed by atoms with van der Waals surface area (Å²) in [6.45, 7) is 7.68. The number of unbranched alkanes of at least 4 members (excludes halogenated alkanes) is 9. The van der Waals surface area contributed by atoms with Crippen LogP contribution in [0.5, 0.6) is 0 Å². The van der Waals surface area contributed by atoms with Gasteiger partial charge in [-0.3, -0.25) is 9.35 Å². The normalized spacial score (nSPS) is 10.3. The molecule has 0 aromatic heterocycles. The summed E-state index contributed by atoms with van der Waals surface area (Å²) in [4.78, 5) is 21.8. The minimum absolute atomic E-state index is 0. The van der Waals surface area contributed by atoms with Gasteiger partial charge in [0.2, 0.25) is 0 Å². The summed E-state index contributed by atoms with van der Waals surface area (Å²) in [6.07, 6.45) is 12.4. The van der Waals surface area contributed by atoms with Gasteiger partial charge in [0.25, 0.3) is 10.1 Å². The third kappa shape index (κ3) is 29.9. The summed E-state index contributed by atoms with van der Waals surface area (Å²) < 4.78 is 32.5. The molecule has 0 atom stereocenters. The van der Waals surface area contributed by atoms with Crippen LogP contribution in [0.3, 0.4) is 0 Å². The molecule has 0 rings (SSSR count). The number of hydrogen-bond acceptors (Lipinski definition) is 5. The monoisotopic (exact) mass is 446 g/mol. The molecule has 0 aromatic rings. The third-order valence-corrected chi connectivity index (χ3v) is 4.77. The van der Waals surface area contributed by atoms with E-state index in [1.54, 1.807) is 6.92 Å². The number of ether oxygens (including phenoxy) is 1. The third-order valence-electron chi connectivity index (χ3n) is 3.85. The van der Waals surface area contributed by atoms with Gasteiger partial charge >= 0.3 is 41.5 Å². The number of carbonyl (C=O) groups is 2. The summed E-state index contributed by atoms with van der Waals surface area (Å²) in [7, 11) is -3.67. The van der Waals surface area contributed by atoms with Crippen LogP contribution in [-0.4, -0.2) is 71.9 Å². The molecule has 0 aliphatic rings. The van der Waals surface area contributed by atoms with Crippen molar-refractivity contribution in [1.82, 2.24) is 0 Å². The first kappa shape index (κ1) is 33.2. The van der Waals surface area contributed by atoms with Gasteiger partial charge in [-0.1, -0.05) is 78.2 Å². The Bertz CT molecular complexity index is 533. The molecule has 0 bridgehead atoms. The molecule has 0 saturated carbocycles. The predicted molar refractivity (Wildman–Crippen MR) is 118 cm³/mol. The Hall–Kier alpha value is -0.410. The molecule has 0 fully saturated rings. The zero-order chi connectivity index (χ0) is 21.8. The van der Waals surface area contributed by atoms with E-state index in [2.05, 4.69) is 13.5 Å². The van der Waals surface area contributed by atoms with Crippen LogP contribution in [0.2, 0.25) is 0 Å². The fraction of sp³-hybridized carbons (Fsp3) is 0.800. The van der Waals surface area contributed by atoms with Crippen LogP contribution in [0.1, 0.15) is 90.9 Å². The molecule has 2 N–H and O–H groups in total. The van der Waals surface area contributed by atoms with Crippen LogP contribution < -0.4 is 0 Å². The summed E-state index contributed by atoms with van der Waals surface area (Å²) >= 11 is 0. The molecule has 29 heavy (non-hydrogen) atoms. The molecule has 168 valence electrons. The molecule has 0 spiro atoms. The molecular weight excluding hydrogens is 407 g/mol. The van der Waals surface area contributed by atoms with Gasteiger partial charge in [0.1, 0.15) is 0 Å². The Morgan fingerprint density at radius 3 is 1.66 bits per heavy atom. The van der Waals surface area contributed by atoms with Crippen LogP contribution >= 0.6 is 0 Å². The predicted octanol–water partition coefficient (Wildman–Crippen LogP) is 4.12. The number of carboxylic acids is 1. The van der Waals surface area contributed by atoms with Crippen molar-refractivity contribution >= 4 is 51.6 Å². The van der Waals surface area contributed by atoms with E-state index in [0.717, 1.165) is 12.8 Å². The van der Waals surface area contributed by atoms with Gasteiger partial charge in [-0.25, -0.2) is 4.79 Å². The molecular formula is C20H39NaO7S. The van der Waals surface area contributed by atoms with E-state index >= 15 is 0 Å². The van der Waals surface area contributed by atoms with Gasteiger partial charge < -0.3 is 9.84 Å². The van der Waals surface area contributed by atoms with Crippen LogP contribution in [0.15, 0.2) is 12.2 Å². The standard InChI is InChI=1S/C17H30O4.C3H8O3S.Na.H/c1-3-4-5-6-7-8-9-10-11-12-13-21-17(20)15(2)14-16(18)19;1-2-3-7(4,5)6;;/h2-14H2,1H3,(H,18,19);2-3H2,1H3,(H,4,5,6);;. The van der Waals surface area contributed by atoms with Crippen molar-refractivity contribution in [3.8, 4) is 0 Å². The number of rotatable bonds is 16. The van der Waals surface area contributed by atoms with Crippen LogP contribution in [0, 0.1) is 0 Å². The van der Waals surface area contributed by atoms with Crippen LogP contribution in [0.4, 0.5) is 0 Å². The van der Waals surface area contributed by atoms with E-state index in [9.17, 15) is 18.0 Å². The van der Waals surface area contributed by atoms with Crippen LogP contribution in [-0.2, 0) is 24.4 Å². The van der Waals surface area contributed by atoms with Gasteiger partial charge in [-0.15, -0.1) is 0 Å². The molecule has 7 nitrogen and oxygen atoms in total. The number of carboxylic acid groups (broad SMARTS) is 1. The van der Waals surface area contributed by atoms with E-state index < -0.39 is 22.1 Å². The van der Waals surface area contributed by atoms with E-state index in [4.69, 9.17) is 14.4 Å².